The number of hydrogen-bond acceptors (Lipinski definition) is 3. The number of aromatic nitrogens is 2. The van der Waals surface area contributed by atoms with Crippen LogP contribution >= 0.6 is 11.6 Å². The molecule has 2 aliphatic carbocycles. The summed E-state index contributed by atoms with van der Waals surface area (Å²) in [4.78, 5) is 8.20. The Labute approximate surface area is 101 Å². The van der Waals surface area contributed by atoms with Crippen LogP contribution in [0.1, 0.15) is 31.2 Å². The maximum Gasteiger partial charge on any atom is 0.137 e. The van der Waals surface area contributed by atoms with E-state index in [0.717, 1.165) is 23.8 Å². The van der Waals surface area contributed by atoms with Crippen molar-refractivity contribution >= 4 is 17.4 Å². The maximum absolute atomic E-state index is 5.96. The fourth-order valence-electron chi connectivity index (χ4n) is 2.45. The van der Waals surface area contributed by atoms with Crippen LogP contribution in [0.4, 0.5) is 5.82 Å². The summed E-state index contributed by atoms with van der Waals surface area (Å²) in [5.74, 6) is 1.87. The predicted octanol–water partition coefficient (Wildman–Crippen LogP) is 3.04. The minimum absolute atomic E-state index is 0.550. The standard InChI is InChI=1S/C12H16ClN3/c1-8-10(13)15-7-16-11(8)14-6-12(4-5-12)9-2-3-9/h7,9H,2-6H2,1H3,(H,14,15,16). The largest absolute Gasteiger partial charge is 0.369 e. The molecule has 0 atom stereocenters. The first kappa shape index (κ1) is 10.3. The summed E-state index contributed by atoms with van der Waals surface area (Å²) in [6.07, 6.45) is 7.12. The van der Waals surface area contributed by atoms with Gasteiger partial charge in [0.05, 0.1) is 0 Å². The van der Waals surface area contributed by atoms with Crippen molar-refractivity contribution in [3.8, 4) is 0 Å². The quantitative estimate of drug-likeness (QED) is 0.818. The van der Waals surface area contributed by atoms with E-state index in [1.807, 2.05) is 6.92 Å². The van der Waals surface area contributed by atoms with E-state index in [0.29, 0.717) is 10.6 Å². The minimum atomic E-state index is 0.550. The average molecular weight is 238 g/mol. The van der Waals surface area contributed by atoms with Crippen LogP contribution in [0.25, 0.3) is 0 Å². The SMILES string of the molecule is Cc1c(Cl)ncnc1NCC1(C2CC2)CC1. The molecule has 3 nitrogen and oxygen atoms in total. The van der Waals surface area contributed by atoms with E-state index in [1.54, 1.807) is 0 Å². The van der Waals surface area contributed by atoms with Crippen molar-refractivity contribution < 1.29 is 0 Å². The van der Waals surface area contributed by atoms with Gasteiger partial charge in [-0.1, -0.05) is 11.6 Å². The van der Waals surface area contributed by atoms with Gasteiger partial charge < -0.3 is 5.32 Å². The molecule has 4 heteroatoms. The van der Waals surface area contributed by atoms with Crippen LogP contribution in [-0.2, 0) is 0 Å². The third-order valence-corrected chi connectivity index (χ3v) is 4.35. The van der Waals surface area contributed by atoms with Crippen molar-refractivity contribution in [1.29, 1.82) is 0 Å². The highest BCUT2D eigenvalue weighted by Crippen LogP contribution is 2.61. The Hall–Kier alpha value is -0.830. The number of hydrogen-bond donors (Lipinski definition) is 1. The summed E-state index contributed by atoms with van der Waals surface area (Å²) >= 11 is 5.96. The molecule has 1 aromatic heterocycles. The molecule has 0 bridgehead atoms. The van der Waals surface area contributed by atoms with Gasteiger partial charge in [0.25, 0.3) is 0 Å². The monoisotopic (exact) mass is 237 g/mol. The molecule has 0 saturated heterocycles. The van der Waals surface area contributed by atoms with E-state index >= 15 is 0 Å². The van der Waals surface area contributed by atoms with Gasteiger partial charge in [0, 0.05) is 12.1 Å². The van der Waals surface area contributed by atoms with Gasteiger partial charge in [-0.15, -0.1) is 0 Å². The number of nitrogens with one attached hydrogen (secondary N) is 1. The molecular weight excluding hydrogens is 222 g/mol. The summed E-state index contributed by atoms with van der Waals surface area (Å²) in [6, 6.07) is 0. The lowest BCUT2D eigenvalue weighted by atomic mass is 10.0. The lowest BCUT2D eigenvalue weighted by Gasteiger charge is -2.16. The van der Waals surface area contributed by atoms with E-state index in [4.69, 9.17) is 11.6 Å². The molecule has 0 radical (unpaired) electrons. The van der Waals surface area contributed by atoms with Gasteiger partial charge in [0.1, 0.15) is 17.3 Å². The first-order valence-electron chi connectivity index (χ1n) is 5.92. The Morgan fingerprint density at radius 3 is 2.81 bits per heavy atom. The molecule has 3 rings (SSSR count). The van der Waals surface area contributed by atoms with Gasteiger partial charge in [-0.2, -0.15) is 0 Å². The lowest BCUT2D eigenvalue weighted by molar-refractivity contribution is 0.466. The predicted molar refractivity (Wildman–Crippen MR) is 64.7 cm³/mol. The number of rotatable bonds is 4. The van der Waals surface area contributed by atoms with Crippen LogP contribution in [0.5, 0.6) is 0 Å². The smallest absolute Gasteiger partial charge is 0.137 e. The third-order valence-electron chi connectivity index (χ3n) is 3.97. The molecule has 0 amide bonds. The normalized spacial score (nSPS) is 21.9. The Kier molecular flexibility index (Phi) is 2.32. The Morgan fingerprint density at radius 1 is 1.44 bits per heavy atom. The van der Waals surface area contributed by atoms with Crippen molar-refractivity contribution in [2.75, 3.05) is 11.9 Å². The van der Waals surface area contributed by atoms with Crippen LogP contribution < -0.4 is 5.32 Å². The summed E-state index contributed by atoms with van der Waals surface area (Å²) in [5, 5.41) is 3.99. The molecule has 1 N–H and O–H groups in total. The average Bonchev–Trinajstić information content (AvgIpc) is 3.14. The molecule has 2 saturated carbocycles. The Bertz CT molecular complexity index is 411. The Balaban J connectivity index is 1.68. The second-order valence-corrected chi connectivity index (χ2v) is 5.49. The first-order valence-corrected chi connectivity index (χ1v) is 6.30. The topological polar surface area (TPSA) is 37.8 Å². The molecule has 1 heterocycles. The zero-order valence-electron chi connectivity index (χ0n) is 9.46. The molecule has 2 fully saturated rings. The second kappa shape index (κ2) is 3.59. The van der Waals surface area contributed by atoms with Gasteiger partial charge in [0.2, 0.25) is 0 Å². The molecule has 0 unspecified atom stereocenters. The summed E-state index contributed by atoms with van der Waals surface area (Å²) in [5.41, 5.74) is 1.54. The highest BCUT2D eigenvalue weighted by atomic mass is 35.5. The van der Waals surface area contributed by atoms with Crippen LogP contribution in [0.3, 0.4) is 0 Å². The molecule has 86 valence electrons. The van der Waals surface area contributed by atoms with Gasteiger partial charge >= 0.3 is 0 Å². The van der Waals surface area contributed by atoms with Crippen molar-refractivity contribution in [2.45, 2.75) is 32.6 Å². The maximum atomic E-state index is 5.96. The van der Waals surface area contributed by atoms with Crippen molar-refractivity contribution in [1.82, 2.24) is 9.97 Å². The molecule has 16 heavy (non-hydrogen) atoms. The zero-order chi connectivity index (χ0) is 11.2. The lowest BCUT2D eigenvalue weighted by Crippen LogP contribution is -2.18. The first-order chi connectivity index (χ1) is 7.71. The number of halogens is 1. The minimum Gasteiger partial charge on any atom is -0.369 e. The van der Waals surface area contributed by atoms with Crippen LogP contribution in [0.2, 0.25) is 5.15 Å². The van der Waals surface area contributed by atoms with Gasteiger partial charge in [-0.05, 0) is 43.9 Å². The van der Waals surface area contributed by atoms with E-state index in [1.165, 1.54) is 32.0 Å². The highest BCUT2D eigenvalue weighted by molar-refractivity contribution is 6.30. The van der Waals surface area contributed by atoms with Crippen molar-refractivity contribution in [3.63, 3.8) is 0 Å². The zero-order valence-corrected chi connectivity index (χ0v) is 10.2. The Morgan fingerprint density at radius 2 is 2.19 bits per heavy atom. The molecular formula is C12H16ClN3. The van der Waals surface area contributed by atoms with E-state index in [-0.39, 0.29) is 0 Å². The van der Waals surface area contributed by atoms with Crippen molar-refractivity contribution in [2.24, 2.45) is 11.3 Å². The van der Waals surface area contributed by atoms with Gasteiger partial charge in [-0.3, -0.25) is 0 Å². The highest BCUT2D eigenvalue weighted by Gasteiger charge is 2.53. The molecule has 0 aliphatic heterocycles. The number of anilines is 1. The van der Waals surface area contributed by atoms with E-state index in [2.05, 4.69) is 15.3 Å². The summed E-state index contributed by atoms with van der Waals surface area (Å²) in [7, 11) is 0. The third kappa shape index (κ3) is 1.77. The molecule has 0 spiro atoms. The molecule has 1 aromatic rings. The van der Waals surface area contributed by atoms with E-state index in [9.17, 15) is 0 Å². The van der Waals surface area contributed by atoms with Gasteiger partial charge in [-0.25, -0.2) is 9.97 Å². The molecule has 0 aromatic carbocycles. The molecule has 2 aliphatic rings. The van der Waals surface area contributed by atoms with Crippen LogP contribution in [-0.4, -0.2) is 16.5 Å². The number of nitrogens with zero attached hydrogens (tertiary/aromatic N) is 2. The second-order valence-electron chi connectivity index (χ2n) is 5.13. The van der Waals surface area contributed by atoms with Gasteiger partial charge in [0.15, 0.2) is 0 Å². The van der Waals surface area contributed by atoms with Crippen LogP contribution in [0.15, 0.2) is 6.33 Å². The van der Waals surface area contributed by atoms with Crippen LogP contribution in [0, 0.1) is 18.3 Å². The summed E-state index contributed by atoms with van der Waals surface area (Å²) < 4.78 is 0. The fourth-order valence-corrected chi connectivity index (χ4v) is 2.59. The van der Waals surface area contributed by atoms with Crippen molar-refractivity contribution in [3.05, 3.63) is 17.0 Å². The summed E-state index contributed by atoms with van der Waals surface area (Å²) in [6.45, 7) is 3.01. The fraction of sp³-hybridized carbons (Fsp3) is 0.667. The van der Waals surface area contributed by atoms with E-state index < -0.39 is 0 Å².